The molecule has 2 unspecified atom stereocenters. The van der Waals surface area contributed by atoms with Crippen LogP contribution in [0.4, 0.5) is 0 Å². The molecule has 0 saturated carbocycles. The van der Waals surface area contributed by atoms with Gasteiger partial charge in [-0.05, 0) is 26.5 Å². The minimum atomic E-state index is 0.597. The quantitative estimate of drug-likeness (QED) is 0.861. The number of nitrogens with zero attached hydrogens (tertiary/aromatic N) is 1. The molecular weight excluding hydrogens is 212 g/mol. The van der Waals surface area contributed by atoms with Crippen LogP contribution in [-0.4, -0.2) is 37.7 Å². The summed E-state index contributed by atoms with van der Waals surface area (Å²) in [6.07, 6.45) is 1.23. The number of methoxy groups -OCH3 is 1. The Kier molecular flexibility index (Phi) is 4.02. The fourth-order valence-corrected chi connectivity index (χ4v) is 2.44. The van der Waals surface area contributed by atoms with Crippen LogP contribution in [0.5, 0.6) is 5.75 Å². The summed E-state index contributed by atoms with van der Waals surface area (Å²) in [5.74, 6) is 0.972. The Hall–Kier alpha value is -1.06. The average Bonchev–Trinajstić information content (AvgIpc) is 2.66. The zero-order chi connectivity index (χ0) is 12.3. The van der Waals surface area contributed by atoms with Gasteiger partial charge in [-0.3, -0.25) is 0 Å². The zero-order valence-corrected chi connectivity index (χ0v) is 10.9. The molecule has 1 aromatic rings. The van der Waals surface area contributed by atoms with E-state index < -0.39 is 0 Å². The van der Waals surface area contributed by atoms with E-state index in [1.165, 1.54) is 12.0 Å². The van der Waals surface area contributed by atoms with Gasteiger partial charge in [-0.25, -0.2) is 0 Å². The van der Waals surface area contributed by atoms with Gasteiger partial charge >= 0.3 is 0 Å². The van der Waals surface area contributed by atoms with Crippen LogP contribution in [0.15, 0.2) is 24.3 Å². The molecule has 1 aliphatic heterocycles. The number of para-hydroxylation sites is 1. The maximum Gasteiger partial charge on any atom is 0.123 e. The predicted octanol–water partition coefficient (Wildman–Crippen LogP) is 1.88. The molecule has 1 aromatic carbocycles. The highest BCUT2D eigenvalue weighted by molar-refractivity contribution is 5.33. The summed E-state index contributed by atoms with van der Waals surface area (Å²) in [5, 5.41) is 3.61. The third-order valence-electron chi connectivity index (χ3n) is 3.66. The molecule has 0 radical (unpaired) electrons. The predicted molar refractivity (Wildman–Crippen MR) is 70.3 cm³/mol. The molecule has 1 saturated heterocycles. The molecule has 0 bridgehead atoms. The van der Waals surface area contributed by atoms with Crippen LogP contribution in [0.3, 0.4) is 0 Å². The number of benzene rings is 1. The lowest BCUT2D eigenvalue weighted by atomic mass is 10.1. The van der Waals surface area contributed by atoms with Gasteiger partial charge in [0, 0.05) is 30.7 Å². The molecule has 1 N–H and O–H groups in total. The van der Waals surface area contributed by atoms with Crippen molar-refractivity contribution in [3.05, 3.63) is 29.8 Å². The second kappa shape index (κ2) is 5.52. The van der Waals surface area contributed by atoms with Crippen LogP contribution < -0.4 is 10.1 Å². The second-order valence-corrected chi connectivity index (χ2v) is 4.91. The largest absolute Gasteiger partial charge is 0.496 e. The standard InChI is InChI=1S/C14H22N2O/c1-11-8-13(10-16(11)2)15-9-12-6-4-5-7-14(12)17-3/h4-7,11,13,15H,8-10H2,1-3H3. The van der Waals surface area contributed by atoms with Gasteiger partial charge in [0.1, 0.15) is 5.75 Å². The monoisotopic (exact) mass is 234 g/mol. The molecule has 1 heterocycles. The summed E-state index contributed by atoms with van der Waals surface area (Å²) in [5.41, 5.74) is 1.23. The van der Waals surface area contributed by atoms with Crippen molar-refractivity contribution in [1.29, 1.82) is 0 Å². The molecule has 0 amide bonds. The summed E-state index contributed by atoms with van der Waals surface area (Å²) in [6, 6.07) is 9.48. The van der Waals surface area contributed by atoms with Crippen LogP contribution in [0.1, 0.15) is 18.9 Å². The molecule has 3 nitrogen and oxygen atoms in total. The fraction of sp³-hybridized carbons (Fsp3) is 0.571. The van der Waals surface area contributed by atoms with Crippen LogP contribution in [0.2, 0.25) is 0 Å². The van der Waals surface area contributed by atoms with Gasteiger partial charge in [-0.15, -0.1) is 0 Å². The van der Waals surface area contributed by atoms with E-state index in [0.29, 0.717) is 12.1 Å². The van der Waals surface area contributed by atoms with E-state index in [4.69, 9.17) is 4.74 Å². The zero-order valence-electron chi connectivity index (χ0n) is 10.9. The highest BCUT2D eigenvalue weighted by Gasteiger charge is 2.25. The van der Waals surface area contributed by atoms with Gasteiger partial charge in [0.25, 0.3) is 0 Å². The number of hydrogen-bond donors (Lipinski definition) is 1. The first kappa shape index (κ1) is 12.4. The summed E-state index contributed by atoms with van der Waals surface area (Å²) in [6.45, 7) is 4.30. The number of rotatable bonds is 4. The Balaban J connectivity index is 1.90. The SMILES string of the molecule is COc1ccccc1CNC1CC(C)N(C)C1. The normalized spacial score (nSPS) is 25.1. The van der Waals surface area contributed by atoms with E-state index in [1.54, 1.807) is 7.11 Å². The lowest BCUT2D eigenvalue weighted by molar-refractivity contribution is 0.326. The molecule has 1 fully saturated rings. The van der Waals surface area contributed by atoms with Crippen molar-refractivity contribution in [3.63, 3.8) is 0 Å². The maximum absolute atomic E-state index is 5.35. The summed E-state index contributed by atoms with van der Waals surface area (Å²) in [4.78, 5) is 2.40. The van der Waals surface area contributed by atoms with Crippen molar-refractivity contribution < 1.29 is 4.74 Å². The Labute approximate surface area is 104 Å². The van der Waals surface area contributed by atoms with Gasteiger partial charge < -0.3 is 15.0 Å². The minimum absolute atomic E-state index is 0.597. The van der Waals surface area contributed by atoms with Crippen molar-refractivity contribution >= 4 is 0 Å². The molecular formula is C14H22N2O. The number of hydrogen-bond acceptors (Lipinski definition) is 3. The number of nitrogens with one attached hydrogen (secondary N) is 1. The summed E-state index contributed by atoms with van der Waals surface area (Å²) < 4.78 is 5.35. The van der Waals surface area contributed by atoms with Crippen molar-refractivity contribution in [2.75, 3.05) is 20.7 Å². The summed E-state index contributed by atoms with van der Waals surface area (Å²) in [7, 11) is 3.92. The van der Waals surface area contributed by atoms with Crippen LogP contribution in [-0.2, 0) is 6.54 Å². The highest BCUT2D eigenvalue weighted by atomic mass is 16.5. The van der Waals surface area contributed by atoms with E-state index in [0.717, 1.165) is 18.8 Å². The Morgan fingerprint density at radius 3 is 2.82 bits per heavy atom. The van der Waals surface area contributed by atoms with E-state index in [-0.39, 0.29) is 0 Å². The van der Waals surface area contributed by atoms with Crippen molar-refractivity contribution in [1.82, 2.24) is 10.2 Å². The Morgan fingerprint density at radius 2 is 2.18 bits per heavy atom. The maximum atomic E-state index is 5.35. The van der Waals surface area contributed by atoms with Gasteiger partial charge in [-0.1, -0.05) is 18.2 Å². The second-order valence-electron chi connectivity index (χ2n) is 4.91. The Bertz CT molecular complexity index is 357. The molecule has 17 heavy (non-hydrogen) atoms. The Morgan fingerprint density at radius 1 is 1.41 bits per heavy atom. The van der Waals surface area contributed by atoms with Gasteiger partial charge in [0.2, 0.25) is 0 Å². The number of ether oxygens (including phenoxy) is 1. The van der Waals surface area contributed by atoms with Crippen LogP contribution in [0.25, 0.3) is 0 Å². The van der Waals surface area contributed by atoms with E-state index in [1.807, 2.05) is 12.1 Å². The van der Waals surface area contributed by atoms with E-state index in [9.17, 15) is 0 Å². The van der Waals surface area contributed by atoms with E-state index in [2.05, 4.69) is 36.3 Å². The molecule has 0 spiro atoms. The van der Waals surface area contributed by atoms with Crippen molar-refractivity contribution in [3.8, 4) is 5.75 Å². The van der Waals surface area contributed by atoms with Crippen molar-refractivity contribution in [2.45, 2.75) is 32.0 Å². The summed E-state index contributed by atoms with van der Waals surface area (Å²) >= 11 is 0. The fourth-order valence-electron chi connectivity index (χ4n) is 2.44. The molecule has 0 aromatic heterocycles. The van der Waals surface area contributed by atoms with Gasteiger partial charge in [0.15, 0.2) is 0 Å². The number of likely N-dealkylation sites (N-methyl/N-ethyl adjacent to an activating group) is 1. The van der Waals surface area contributed by atoms with Gasteiger partial charge in [0.05, 0.1) is 7.11 Å². The van der Waals surface area contributed by atoms with Crippen LogP contribution in [0, 0.1) is 0 Å². The molecule has 3 heteroatoms. The molecule has 0 aliphatic carbocycles. The topological polar surface area (TPSA) is 24.5 Å². The lowest BCUT2D eigenvalue weighted by Gasteiger charge is -2.14. The smallest absolute Gasteiger partial charge is 0.123 e. The third-order valence-corrected chi connectivity index (χ3v) is 3.66. The van der Waals surface area contributed by atoms with Gasteiger partial charge in [-0.2, -0.15) is 0 Å². The van der Waals surface area contributed by atoms with Crippen LogP contribution >= 0.6 is 0 Å². The highest BCUT2D eigenvalue weighted by Crippen LogP contribution is 2.19. The average molecular weight is 234 g/mol. The minimum Gasteiger partial charge on any atom is -0.496 e. The first-order valence-corrected chi connectivity index (χ1v) is 6.26. The first-order chi connectivity index (χ1) is 8.20. The lowest BCUT2D eigenvalue weighted by Crippen LogP contribution is -2.31. The first-order valence-electron chi connectivity index (χ1n) is 6.26. The third kappa shape index (κ3) is 2.99. The molecule has 2 rings (SSSR count). The molecule has 1 aliphatic rings. The number of likely N-dealkylation sites (tertiary alicyclic amines) is 1. The molecule has 94 valence electrons. The molecule has 2 atom stereocenters. The van der Waals surface area contributed by atoms with E-state index >= 15 is 0 Å². The van der Waals surface area contributed by atoms with Crippen molar-refractivity contribution in [2.24, 2.45) is 0 Å².